The molecule has 6 heteroatoms. The minimum absolute atomic E-state index is 0.227. The molecule has 0 aliphatic rings. The molecule has 0 atom stereocenters. The van der Waals surface area contributed by atoms with Crippen LogP contribution in [-0.2, 0) is 0 Å². The molecule has 0 saturated heterocycles. The highest BCUT2D eigenvalue weighted by Gasteiger charge is 2.23. The SMILES string of the molecule is COc1c(C)c(-c2cnoc2N)c(OC)c(C)c1Cl. The quantitative estimate of drug-likeness (QED) is 0.936. The van der Waals surface area contributed by atoms with Gasteiger partial charge in [0.15, 0.2) is 0 Å². The van der Waals surface area contributed by atoms with Crippen LogP contribution in [0.5, 0.6) is 11.5 Å². The van der Waals surface area contributed by atoms with Gasteiger partial charge in [0, 0.05) is 16.7 Å². The van der Waals surface area contributed by atoms with E-state index in [1.165, 1.54) is 0 Å². The van der Waals surface area contributed by atoms with Gasteiger partial charge in [0.05, 0.1) is 31.0 Å². The van der Waals surface area contributed by atoms with Gasteiger partial charge in [-0.05, 0) is 13.8 Å². The van der Waals surface area contributed by atoms with E-state index >= 15 is 0 Å². The number of hydrogen-bond donors (Lipinski definition) is 1. The average molecular weight is 283 g/mol. The largest absolute Gasteiger partial charge is 0.496 e. The summed E-state index contributed by atoms with van der Waals surface area (Å²) < 4.78 is 15.7. The van der Waals surface area contributed by atoms with E-state index < -0.39 is 0 Å². The van der Waals surface area contributed by atoms with Crippen LogP contribution in [0.2, 0.25) is 5.02 Å². The zero-order valence-electron chi connectivity index (χ0n) is 11.2. The van der Waals surface area contributed by atoms with E-state index in [1.54, 1.807) is 20.4 Å². The highest BCUT2D eigenvalue weighted by Crippen LogP contribution is 2.47. The van der Waals surface area contributed by atoms with Crippen molar-refractivity contribution in [1.82, 2.24) is 5.16 Å². The van der Waals surface area contributed by atoms with E-state index in [9.17, 15) is 0 Å². The highest BCUT2D eigenvalue weighted by molar-refractivity contribution is 6.33. The number of halogens is 1. The van der Waals surface area contributed by atoms with Gasteiger partial charge in [-0.1, -0.05) is 16.8 Å². The van der Waals surface area contributed by atoms with Crippen molar-refractivity contribution in [2.24, 2.45) is 0 Å². The van der Waals surface area contributed by atoms with Crippen LogP contribution in [-0.4, -0.2) is 19.4 Å². The number of nitrogens with zero attached hydrogens (tertiary/aromatic N) is 1. The van der Waals surface area contributed by atoms with Gasteiger partial charge >= 0.3 is 0 Å². The number of benzene rings is 1. The summed E-state index contributed by atoms with van der Waals surface area (Å²) >= 11 is 6.28. The van der Waals surface area contributed by atoms with Gasteiger partial charge in [-0.2, -0.15) is 0 Å². The van der Waals surface area contributed by atoms with Crippen molar-refractivity contribution in [2.45, 2.75) is 13.8 Å². The lowest BCUT2D eigenvalue weighted by atomic mass is 9.97. The van der Waals surface area contributed by atoms with Crippen LogP contribution in [0.3, 0.4) is 0 Å². The third kappa shape index (κ3) is 2.00. The van der Waals surface area contributed by atoms with Gasteiger partial charge in [-0.3, -0.25) is 0 Å². The zero-order valence-corrected chi connectivity index (χ0v) is 12.0. The maximum Gasteiger partial charge on any atom is 0.230 e. The fourth-order valence-corrected chi connectivity index (χ4v) is 2.47. The topological polar surface area (TPSA) is 70.5 Å². The average Bonchev–Trinajstić information content (AvgIpc) is 2.80. The molecular formula is C13H15ClN2O3. The Morgan fingerprint density at radius 3 is 2.26 bits per heavy atom. The molecular weight excluding hydrogens is 268 g/mol. The molecule has 0 spiro atoms. The molecule has 0 unspecified atom stereocenters. The molecule has 1 aromatic heterocycles. The molecule has 0 aliphatic heterocycles. The fourth-order valence-electron chi connectivity index (χ4n) is 2.16. The first kappa shape index (κ1) is 13.5. The van der Waals surface area contributed by atoms with Gasteiger partial charge in [0.25, 0.3) is 0 Å². The second-order valence-electron chi connectivity index (χ2n) is 4.11. The minimum Gasteiger partial charge on any atom is -0.496 e. The Bertz CT molecular complexity index is 623. The smallest absolute Gasteiger partial charge is 0.230 e. The molecule has 2 rings (SSSR count). The Labute approximate surface area is 116 Å². The predicted octanol–water partition coefficient (Wildman–Crippen LogP) is 3.21. The first-order valence-corrected chi connectivity index (χ1v) is 6.01. The molecule has 0 fully saturated rings. The lowest BCUT2D eigenvalue weighted by molar-refractivity contribution is 0.399. The molecule has 5 nitrogen and oxygen atoms in total. The summed E-state index contributed by atoms with van der Waals surface area (Å²) in [6.45, 7) is 3.74. The van der Waals surface area contributed by atoms with Crippen molar-refractivity contribution in [2.75, 3.05) is 20.0 Å². The van der Waals surface area contributed by atoms with Gasteiger partial charge in [0.1, 0.15) is 11.5 Å². The number of nitrogens with two attached hydrogens (primary N) is 1. The fraction of sp³-hybridized carbons (Fsp3) is 0.308. The Morgan fingerprint density at radius 2 is 1.79 bits per heavy atom. The highest BCUT2D eigenvalue weighted by atomic mass is 35.5. The van der Waals surface area contributed by atoms with Gasteiger partial charge in [-0.15, -0.1) is 0 Å². The lowest BCUT2D eigenvalue weighted by Crippen LogP contribution is -2.00. The molecule has 102 valence electrons. The molecule has 2 aromatic rings. The molecule has 1 aromatic carbocycles. The summed E-state index contributed by atoms with van der Waals surface area (Å²) in [5.41, 5.74) is 8.83. The second-order valence-corrected chi connectivity index (χ2v) is 4.49. The van der Waals surface area contributed by atoms with Crippen LogP contribution < -0.4 is 15.2 Å². The van der Waals surface area contributed by atoms with Crippen LogP contribution in [0, 0.1) is 13.8 Å². The number of methoxy groups -OCH3 is 2. The Morgan fingerprint density at radius 1 is 1.16 bits per heavy atom. The summed E-state index contributed by atoms with van der Waals surface area (Å²) in [5, 5.41) is 4.22. The molecule has 0 amide bonds. The van der Waals surface area contributed by atoms with Gasteiger partial charge < -0.3 is 19.7 Å². The number of anilines is 1. The number of aromatic nitrogens is 1. The number of hydrogen-bond acceptors (Lipinski definition) is 5. The van der Waals surface area contributed by atoms with Crippen molar-refractivity contribution >= 4 is 17.5 Å². The second kappa shape index (κ2) is 5.01. The Kier molecular flexibility index (Phi) is 3.57. The first-order chi connectivity index (χ1) is 9.02. The minimum atomic E-state index is 0.227. The van der Waals surface area contributed by atoms with E-state index in [2.05, 4.69) is 5.16 Å². The Balaban J connectivity index is 2.86. The van der Waals surface area contributed by atoms with Crippen LogP contribution >= 0.6 is 11.6 Å². The van der Waals surface area contributed by atoms with E-state index in [0.717, 1.165) is 16.7 Å². The molecule has 1 heterocycles. The number of rotatable bonds is 3. The Hall–Kier alpha value is -1.88. The molecule has 0 saturated carbocycles. The van der Waals surface area contributed by atoms with Crippen molar-refractivity contribution < 1.29 is 14.0 Å². The lowest BCUT2D eigenvalue weighted by Gasteiger charge is -2.18. The van der Waals surface area contributed by atoms with E-state index in [1.807, 2.05) is 13.8 Å². The van der Waals surface area contributed by atoms with E-state index in [-0.39, 0.29) is 5.88 Å². The summed E-state index contributed by atoms with van der Waals surface area (Å²) in [4.78, 5) is 0. The normalized spacial score (nSPS) is 10.6. The summed E-state index contributed by atoms with van der Waals surface area (Å²) in [7, 11) is 3.15. The van der Waals surface area contributed by atoms with E-state index in [0.29, 0.717) is 22.1 Å². The first-order valence-electron chi connectivity index (χ1n) is 5.64. The summed E-state index contributed by atoms with van der Waals surface area (Å²) in [5.74, 6) is 1.46. The number of ether oxygens (including phenoxy) is 2. The predicted molar refractivity (Wildman–Crippen MR) is 73.9 cm³/mol. The molecule has 0 radical (unpaired) electrons. The summed E-state index contributed by atoms with van der Waals surface area (Å²) in [6, 6.07) is 0. The van der Waals surface area contributed by atoms with Crippen molar-refractivity contribution in [3.05, 3.63) is 22.3 Å². The van der Waals surface area contributed by atoms with Gasteiger partial charge in [0.2, 0.25) is 5.88 Å². The van der Waals surface area contributed by atoms with Crippen molar-refractivity contribution in [3.8, 4) is 22.6 Å². The maximum atomic E-state index is 6.28. The standard InChI is InChI=1S/C13H15ClN2O3/c1-6-9(8-5-16-19-13(8)15)11(17-3)7(2)10(14)12(6)18-4/h5H,15H2,1-4H3. The third-order valence-electron chi connectivity index (χ3n) is 3.09. The number of nitrogen functional groups attached to an aromatic ring is 1. The van der Waals surface area contributed by atoms with Crippen LogP contribution in [0.25, 0.3) is 11.1 Å². The molecule has 2 N–H and O–H groups in total. The van der Waals surface area contributed by atoms with Crippen molar-refractivity contribution in [3.63, 3.8) is 0 Å². The molecule has 19 heavy (non-hydrogen) atoms. The van der Waals surface area contributed by atoms with Crippen LogP contribution in [0.15, 0.2) is 10.7 Å². The van der Waals surface area contributed by atoms with Crippen molar-refractivity contribution in [1.29, 1.82) is 0 Å². The zero-order chi connectivity index (χ0) is 14.2. The summed E-state index contributed by atoms with van der Waals surface area (Å²) in [6.07, 6.45) is 1.55. The van der Waals surface area contributed by atoms with E-state index in [4.69, 9.17) is 31.3 Å². The third-order valence-corrected chi connectivity index (χ3v) is 3.54. The monoisotopic (exact) mass is 282 g/mol. The maximum absolute atomic E-state index is 6.28. The molecule has 0 aliphatic carbocycles. The van der Waals surface area contributed by atoms with Gasteiger partial charge in [-0.25, -0.2) is 0 Å². The molecule has 0 bridgehead atoms. The van der Waals surface area contributed by atoms with Crippen LogP contribution in [0.4, 0.5) is 5.88 Å². The van der Waals surface area contributed by atoms with Crippen LogP contribution in [0.1, 0.15) is 11.1 Å².